The topological polar surface area (TPSA) is 66.1 Å². The molecule has 2 heterocycles. The van der Waals surface area contributed by atoms with Gasteiger partial charge in [-0.2, -0.15) is 0 Å². The van der Waals surface area contributed by atoms with Gasteiger partial charge in [0.1, 0.15) is 0 Å². The summed E-state index contributed by atoms with van der Waals surface area (Å²) in [5.41, 5.74) is 2.10. The molecule has 158 valence electrons. The highest BCUT2D eigenvalue weighted by molar-refractivity contribution is 7.80. The molecule has 2 N–H and O–H groups in total. The molecule has 9 heteroatoms. The SMILES string of the molecule is CCN1CCN(c2c(Cl)cccc2NC(=S)NC(=O)c2ccc3c(c2)OCO3)CC1. The highest BCUT2D eigenvalue weighted by atomic mass is 35.5. The van der Waals surface area contributed by atoms with Gasteiger partial charge in [-0.1, -0.05) is 24.6 Å². The number of carbonyl (C=O) groups excluding carboxylic acids is 1. The predicted octanol–water partition coefficient (Wildman–Crippen LogP) is 3.34. The van der Waals surface area contributed by atoms with Crippen molar-refractivity contribution >= 4 is 46.2 Å². The zero-order chi connectivity index (χ0) is 21.1. The first-order valence-electron chi connectivity index (χ1n) is 9.83. The molecule has 0 unspecified atom stereocenters. The minimum absolute atomic E-state index is 0.157. The van der Waals surface area contributed by atoms with Crippen molar-refractivity contribution < 1.29 is 14.3 Å². The molecule has 0 aliphatic carbocycles. The molecular formula is C21H23ClN4O3S. The number of piperazine rings is 1. The van der Waals surface area contributed by atoms with Crippen LogP contribution in [0.15, 0.2) is 36.4 Å². The zero-order valence-electron chi connectivity index (χ0n) is 16.6. The first kappa shape index (κ1) is 20.7. The number of carbonyl (C=O) groups is 1. The van der Waals surface area contributed by atoms with Gasteiger partial charge in [0, 0.05) is 31.7 Å². The van der Waals surface area contributed by atoms with Crippen LogP contribution in [0.25, 0.3) is 0 Å². The van der Waals surface area contributed by atoms with Crippen LogP contribution in [0.2, 0.25) is 5.02 Å². The molecule has 2 aliphatic rings. The summed E-state index contributed by atoms with van der Waals surface area (Å²) in [5, 5.41) is 6.70. The smallest absolute Gasteiger partial charge is 0.257 e. The summed E-state index contributed by atoms with van der Waals surface area (Å²) in [7, 11) is 0. The van der Waals surface area contributed by atoms with Crippen molar-refractivity contribution in [1.82, 2.24) is 10.2 Å². The maximum atomic E-state index is 12.6. The number of ether oxygens (including phenoxy) is 2. The van der Waals surface area contributed by atoms with Crippen molar-refractivity contribution in [2.45, 2.75) is 6.92 Å². The summed E-state index contributed by atoms with van der Waals surface area (Å²) in [6, 6.07) is 10.6. The molecule has 1 saturated heterocycles. The minimum Gasteiger partial charge on any atom is -0.454 e. The lowest BCUT2D eigenvalue weighted by Crippen LogP contribution is -2.46. The van der Waals surface area contributed by atoms with E-state index in [4.69, 9.17) is 33.3 Å². The van der Waals surface area contributed by atoms with Crippen LogP contribution in [0.1, 0.15) is 17.3 Å². The fraction of sp³-hybridized carbons (Fsp3) is 0.333. The molecule has 0 radical (unpaired) electrons. The van der Waals surface area contributed by atoms with E-state index >= 15 is 0 Å². The van der Waals surface area contributed by atoms with Gasteiger partial charge in [-0.25, -0.2) is 0 Å². The van der Waals surface area contributed by atoms with E-state index in [2.05, 4.69) is 27.4 Å². The third-order valence-corrected chi connectivity index (χ3v) is 5.74. The second-order valence-electron chi connectivity index (χ2n) is 7.03. The van der Waals surface area contributed by atoms with Crippen LogP contribution in [0, 0.1) is 0 Å². The first-order valence-corrected chi connectivity index (χ1v) is 10.6. The molecule has 0 aromatic heterocycles. The molecule has 2 aromatic carbocycles. The average Bonchev–Trinajstić information content (AvgIpc) is 3.22. The van der Waals surface area contributed by atoms with Crippen molar-refractivity contribution in [3.05, 3.63) is 47.0 Å². The van der Waals surface area contributed by atoms with E-state index in [0.717, 1.165) is 44.1 Å². The molecule has 4 rings (SSSR count). The minimum atomic E-state index is -0.328. The summed E-state index contributed by atoms with van der Waals surface area (Å²) >= 11 is 11.9. The lowest BCUT2D eigenvalue weighted by molar-refractivity contribution is 0.0977. The molecule has 1 fully saturated rings. The summed E-state index contributed by atoms with van der Waals surface area (Å²) in [5.74, 6) is 0.842. The van der Waals surface area contributed by atoms with E-state index in [-0.39, 0.29) is 17.8 Å². The van der Waals surface area contributed by atoms with E-state index < -0.39 is 0 Å². The lowest BCUT2D eigenvalue weighted by Gasteiger charge is -2.37. The van der Waals surface area contributed by atoms with Gasteiger partial charge in [0.05, 0.1) is 16.4 Å². The van der Waals surface area contributed by atoms with Crippen molar-refractivity contribution in [2.75, 3.05) is 49.7 Å². The van der Waals surface area contributed by atoms with Crippen molar-refractivity contribution in [3.63, 3.8) is 0 Å². The second kappa shape index (κ2) is 9.07. The van der Waals surface area contributed by atoms with Crippen LogP contribution in [0.4, 0.5) is 11.4 Å². The number of hydrogen-bond acceptors (Lipinski definition) is 6. The van der Waals surface area contributed by atoms with Crippen LogP contribution in [0.3, 0.4) is 0 Å². The largest absolute Gasteiger partial charge is 0.454 e. The predicted molar refractivity (Wildman–Crippen MR) is 122 cm³/mol. The number of hydrogen-bond donors (Lipinski definition) is 2. The monoisotopic (exact) mass is 446 g/mol. The zero-order valence-corrected chi connectivity index (χ0v) is 18.2. The number of benzene rings is 2. The molecule has 7 nitrogen and oxygen atoms in total. The van der Waals surface area contributed by atoms with Gasteiger partial charge in [-0.05, 0) is 49.1 Å². The normalized spacial score (nSPS) is 15.7. The Balaban J connectivity index is 1.44. The van der Waals surface area contributed by atoms with Gasteiger partial charge in [-0.3, -0.25) is 10.1 Å². The van der Waals surface area contributed by atoms with E-state index in [1.807, 2.05) is 18.2 Å². The molecular weight excluding hydrogens is 424 g/mol. The molecule has 30 heavy (non-hydrogen) atoms. The van der Waals surface area contributed by atoms with Gasteiger partial charge >= 0.3 is 0 Å². The highest BCUT2D eigenvalue weighted by Crippen LogP contribution is 2.35. The number of anilines is 2. The third kappa shape index (κ3) is 4.45. The van der Waals surface area contributed by atoms with Gasteiger partial charge in [0.15, 0.2) is 16.6 Å². The molecule has 0 saturated carbocycles. The maximum absolute atomic E-state index is 12.6. The van der Waals surface area contributed by atoms with Crippen LogP contribution < -0.4 is 25.0 Å². The molecule has 0 bridgehead atoms. The Labute approximate surface area is 185 Å². The van der Waals surface area contributed by atoms with Crippen LogP contribution in [0.5, 0.6) is 11.5 Å². The lowest BCUT2D eigenvalue weighted by atomic mass is 10.2. The van der Waals surface area contributed by atoms with Crippen molar-refractivity contribution in [1.29, 1.82) is 0 Å². The Morgan fingerprint density at radius 1 is 1.13 bits per heavy atom. The fourth-order valence-electron chi connectivity index (χ4n) is 3.59. The highest BCUT2D eigenvalue weighted by Gasteiger charge is 2.22. The number of para-hydroxylation sites is 1. The Bertz CT molecular complexity index is 963. The number of nitrogens with one attached hydrogen (secondary N) is 2. The van der Waals surface area contributed by atoms with Crippen LogP contribution >= 0.6 is 23.8 Å². The summed E-state index contributed by atoms with van der Waals surface area (Å²) in [4.78, 5) is 17.2. The summed E-state index contributed by atoms with van der Waals surface area (Å²) in [6.07, 6.45) is 0. The van der Waals surface area contributed by atoms with Gasteiger partial charge < -0.3 is 24.6 Å². The number of halogens is 1. The van der Waals surface area contributed by atoms with Crippen molar-refractivity contribution in [3.8, 4) is 11.5 Å². The average molecular weight is 447 g/mol. The summed E-state index contributed by atoms with van der Waals surface area (Å²) in [6.45, 7) is 7.07. The molecule has 0 spiro atoms. The van der Waals surface area contributed by atoms with Crippen molar-refractivity contribution in [2.24, 2.45) is 0 Å². The molecule has 2 aromatic rings. The quantitative estimate of drug-likeness (QED) is 0.698. The summed E-state index contributed by atoms with van der Waals surface area (Å²) < 4.78 is 10.6. The third-order valence-electron chi connectivity index (χ3n) is 5.23. The molecule has 2 aliphatic heterocycles. The standard InChI is InChI=1S/C21H23ClN4O3S/c1-2-25-8-10-26(11-9-25)19-15(22)4-3-5-16(19)23-21(30)24-20(27)14-6-7-17-18(12-14)29-13-28-17/h3-7,12H,2,8-11,13H2,1H3,(H2,23,24,27,30). The fourth-order valence-corrected chi connectivity index (χ4v) is 4.09. The Kier molecular flexibility index (Phi) is 6.26. The van der Waals surface area contributed by atoms with E-state index in [1.165, 1.54) is 0 Å². The Morgan fingerprint density at radius 2 is 1.90 bits per heavy atom. The number of fused-ring (bicyclic) bond motifs is 1. The Hall–Kier alpha value is -2.55. The van der Waals surface area contributed by atoms with E-state index in [1.54, 1.807) is 18.2 Å². The van der Waals surface area contributed by atoms with Crippen LogP contribution in [-0.2, 0) is 0 Å². The number of thiocarbonyl (C=S) groups is 1. The van der Waals surface area contributed by atoms with E-state index in [9.17, 15) is 4.79 Å². The maximum Gasteiger partial charge on any atom is 0.257 e. The first-order chi connectivity index (χ1) is 14.5. The number of nitrogens with zero attached hydrogens (tertiary/aromatic N) is 2. The van der Waals surface area contributed by atoms with Crippen LogP contribution in [-0.4, -0.2) is 55.4 Å². The molecule has 1 amide bonds. The van der Waals surface area contributed by atoms with Gasteiger partial charge in [0.25, 0.3) is 5.91 Å². The number of rotatable bonds is 4. The molecule has 0 atom stereocenters. The number of amides is 1. The Morgan fingerprint density at radius 3 is 2.67 bits per heavy atom. The van der Waals surface area contributed by atoms with Gasteiger partial charge in [-0.15, -0.1) is 0 Å². The number of likely N-dealkylation sites (N-methyl/N-ethyl adjacent to an activating group) is 1. The second-order valence-corrected chi connectivity index (χ2v) is 7.85. The van der Waals surface area contributed by atoms with E-state index in [0.29, 0.717) is 22.1 Å². The van der Waals surface area contributed by atoms with Gasteiger partial charge in [0.2, 0.25) is 6.79 Å².